The first-order valence-electron chi connectivity index (χ1n) is 7.09. The maximum atomic E-state index is 12.0. The smallest absolute Gasteiger partial charge is 0.260 e. The normalized spacial score (nSPS) is 13.7. The summed E-state index contributed by atoms with van der Waals surface area (Å²) in [5, 5.41) is 2.97. The number of rotatable bonds is 6. The Balaban J connectivity index is 2.66. The first kappa shape index (κ1) is 17.0. The minimum atomic E-state index is -0.491. The lowest BCUT2D eigenvalue weighted by molar-refractivity contribution is -0.127. The topological polar surface area (TPSA) is 38.3 Å². The van der Waals surface area contributed by atoms with E-state index in [2.05, 4.69) is 28.2 Å². The molecule has 0 bridgehead atoms. The molecule has 0 aromatic heterocycles. The third-order valence-corrected chi connectivity index (χ3v) is 4.45. The molecule has 0 aliphatic carbocycles. The van der Waals surface area contributed by atoms with Crippen LogP contribution in [0, 0.1) is 13.8 Å². The number of carbonyl (C=O) groups excluding carboxylic acids is 1. The van der Waals surface area contributed by atoms with Crippen LogP contribution in [0.5, 0.6) is 5.75 Å². The van der Waals surface area contributed by atoms with Crippen molar-refractivity contribution in [1.29, 1.82) is 0 Å². The molecular weight excluding hydrogens is 318 g/mol. The van der Waals surface area contributed by atoms with Crippen LogP contribution in [0.1, 0.15) is 44.7 Å². The van der Waals surface area contributed by atoms with Gasteiger partial charge < -0.3 is 10.1 Å². The number of carbonyl (C=O) groups is 1. The van der Waals surface area contributed by atoms with Crippen molar-refractivity contribution in [3.05, 3.63) is 27.7 Å². The number of hydrogen-bond acceptors (Lipinski definition) is 2. The molecule has 1 N–H and O–H groups in total. The van der Waals surface area contributed by atoms with Gasteiger partial charge >= 0.3 is 0 Å². The van der Waals surface area contributed by atoms with Crippen LogP contribution in [0.3, 0.4) is 0 Å². The van der Waals surface area contributed by atoms with Crippen molar-refractivity contribution >= 4 is 21.8 Å². The van der Waals surface area contributed by atoms with Gasteiger partial charge in [0.2, 0.25) is 0 Å². The zero-order chi connectivity index (χ0) is 15.3. The van der Waals surface area contributed by atoms with Gasteiger partial charge in [-0.05, 0) is 57.4 Å². The molecule has 0 saturated heterocycles. The van der Waals surface area contributed by atoms with E-state index in [0.717, 1.165) is 34.2 Å². The number of nitrogens with one attached hydrogen (secondary N) is 1. The molecule has 112 valence electrons. The second-order valence-electron chi connectivity index (χ2n) is 5.33. The number of amides is 1. The lowest BCUT2D eigenvalue weighted by Gasteiger charge is -2.19. The van der Waals surface area contributed by atoms with Crippen LogP contribution in [0.25, 0.3) is 0 Å². The first-order valence-corrected chi connectivity index (χ1v) is 7.88. The van der Waals surface area contributed by atoms with Crippen molar-refractivity contribution in [2.75, 3.05) is 0 Å². The van der Waals surface area contributed by atoms with Gasteiger partial charge in [0, 0.05) is 10.5 Å². The first-order chi connectivity index (χ1) is 9.35. The summed E-state index contributed by atoms with van der Waals surface area (Å²) in [7, 11) is 0. The van der Waals surface area contributed by atoms with Crippen LogP contribution in [0.2, 0.25) is 0 Å². The van der Waals surface area contributed by atoms with Gasteiger partial charge in [0.15, 0.2) is 6.10 Å². The molecule has 0 fully saturated rings. The van der Waals surface area contributed by atoms with Crippen LogP contribution in [0.15, 0.2) is 16.6 Å². The van der Waals surface area contributed by atoms with Crippen LogP contribution >= 0.6 is 15.9 Å². The molecule has 1 aromatic carbocycles. The minimum Gasteiger partial charge on any atom is -0.481 e. The second-order valence-corrected chi connectivity index (χ2v) is 6.12. The summed E-state index contributed by atoms with van der Waals surface area (Å²) in [5.41, 5.74) is 2.21. The maximum Gasteiger partial charge on any atom is 0.260 e. The van der Waals surface area contributed by atoms with Crippen molar-refractivity contribution in [3.63, 3.8) is 0 Å². The number of ether oxygens (including phenoxy) is 1. The summed E-state index contributed by atoms with van der Waals surface area (Å²) < 4.78 is 6.82. The van der Waals surface area contributed by atoms with Crippen LogP contribution in [0.4, 0.5) is 0 Å². The Kier molecular flexibility index (Phi) is 6.53. The molecule has 1 amide bonds. The van der Waals surface area contributed by atoms with Gasteiger partial charge in [-0.3, -0.25) is 4.79 Å². The zero-order valence-electron chi connectivity index (χ0n) is 12.9. The summed E-state index contributed by atoms with van der Waals surface area (Å²) in [5.74, 6) is 0.665. The van der Waals surface area contributed by atoms with Crippen molar-refractivity contribution in [3.8, 4) is 5.75 Å². The second kappa shape index (κ2) is 7.67. The molecule has 20 heavy (non-hydrogen) atoms. The molecule has 0 saturated carbocycles. The average Bonchev–Trinajstić information content (AvgIpc) is 2.35. The number of hydrogen-bond donors (Lipinski definition) is 1. The van der Waals surface area contributed by atoms with Gasteiger partial charge in [-0.15, -0.1) is 0 Å². The highest BCUT2D eigenvalue weighted by molar-refractivity contribution is 9.10. The van der Waals surface area contributed by atoms with E-state index in [-0.39, 0.29) is 11.9 Å². The SMILES string of the molecule is CCCC(C)NC(=O)C(C)Oc1cc(C)c(Br)c(C)c1. The minimum absolute atomic E-state index is 0.0656. The Bertz CT molecular complexity index is 451. The highest BCUT2D eigenvalue weighted by Gasteiger charge is 2.17. The molecule has 2 atom stereocenters. The highest BCUT2D eigenvalue weighted by Crippen LogP contribution is 2.26. The quantitative estimate of drug-likeness (QED) is 0.844. The number of benzene rings is 1. The molecule has 0 aliphatic heterocycles. The van der Waals surface area contributed by atoms with E-state index in [1.165, 1.54) is 0 Å². The largest absolute Gasteiger partial charge is 0.481 e. The predicted molar refractivity (Wildman–Crippen MR) is 86.2 cm³/mol. The molecule has 0 heterocycles. The van der Waals surface area contributed by atoms with Crippen molar-refractivity contribution in [2.24, 2.45) is 0 Å². The van der Waals surface area contributed by atoms with Crippen LogP contribution in [-0.2, 0) is 4.79 Å². The molecule has 4 heteroatoms. The number of halogens is 1. The van der Waals surface area contributed by atoms with Gasteiger partial charge in [0.1, 0.15) is 5.75 Å². The van der Waals surface area contributed by atoms with Gasteiger partial charge in [0.25, 0.3) is 5.91 Å². The van der Waals surface area contributed by atoms with E-state index in [9.17, 15) is 4.79 Å². The molecule has 0 spiro atoms. The summed E-state index contributed by atoms with van der Waals surface area (Å²) in [6.07, 6.45) is 1.55. The van der Waals surface area contributed by atoms with Crippen LogP contribution in [-0.4, -0.2) is 18.1 Å². The van der Waals surface area contributed by atoms with Crippen molar-refractivity contribution < 1.29 is 9.53 Å². The third kappa shape index (κ3) is 4.82. The molecule has 0 aliphatic rings. The predicted octanol–water partition coefficient (Wildman–Crippen LogP) is 4.14. The van der Waals surface area contributed by atoms with E-state index in [4.69, 9.17) is 4.74 Å². The Morgan fingerprint density at radius 3 is 2.35 bits per heavy atom. The van der Waals surface area contributed by atoms with Crippen molar-refractivity contribution in [1.82, 2.24) is 5.32 Å². The number of aryl methyl sites for hydroxylation is 2. The molecular formula is C16H24BrNO2. The monoisotopic (exact) mass is 341 g/mol. The van der Waals surface area contributed by atoms with Gasteiger partial charge in [0.05, 0.1) is 0 Å². The summed E-state index contributed by atoms with van der Waals surface area (Å²) in [6, 6.07) is 4.07. The average molecular weight is 342 g/mol. The Labute approximate surface area is 130 Å². The van der Waals surface area contributed by atoms with Crippen LogP contribution < -0.4 is 10.1 Å². The van der Waals surface area contributed by atoms with Crippen molar-refractivity contribution in [2.45, 2.75) is 59.6 Å². The zero-order valence-corrected chi connectivity index (χ0v) is 14.5. The third-order valence-electron chi connectivity index (χ3n) is 3.20. The van der Waals surface area contributed by atoms with Gasteiger partial charge in [-0.25, -0.2) is 0 Å². The molecule has 1 rings (SSSR count). The van der Waals surface area contributed by atoms with E-state index in [1.807, 2.05) is 32.9 Å². The molecule has 1 aromatic rings. The Morgan fingerprint density at radius 1 is 1.30 bits per heavy atom. The van der Waals surface area contributed by atoms with Gasteiger partial charge in [-0.1, -0.05) is 29.3 Å². The van der Waals surface area contributed by atoms with E-state index in [1.54, 1.807) is 6.92 Å². The highest BCUT2D eigenvalue weighted by atomic mass is 79.9. The van der Waals surface area contributed by atoms with E-state index in [0.29, 0.717) is 0 Å². The summed E-state index contributed by atoms with van der Waals surface area (Å²) in [4.78, 5) is 12.0. The van der Waals surface area contributed by atoms with E-state index < -0.39 is 6.10 Å². The lowest BCUT2D eigenvalue weighted by Crippen LogP contribution is -2.41. The fourth-order valence-corrected chi connectivity index (χ4v) is 2.33. The summed E-state index contributed by atoms with van der Waals surface area (Å²) in [6.45, 7) is 9.93. The fourth-order valence-electron chi connectivity index (χ4n) is 2.10. The van der Waals surface area contributed by atoms with E-state index >= 15 is 0 Å². The Hall–Kier alpha value is -1.03. The molecule has 2 unspecified atom stereocenters. The maximum absolute atomic E-state index is 12.0. The Morgan fingerprint density at radius 2 is 1.85 bits per heavy atom. The molecule has 0 radical (unpaired) electrons. The fraction of sp³-hybridized carbons (Fsp3) is 0.562. The lowest BCUT2D eigenvalue weighted by atomic mass is 10.1. The molecule has 3 nitrogen and oxygen atoms in total. The standard InChI is InChI=1S/C16H24BrNO2/c1-6-7-12(4)18-16(19)13(5)20-14-8-10(2)15(17)11(3)9-14/h8-9,12-13H,6-7H2,1-5H3,(H,18,19). The van der Waals surface area contributed by atoms with Gasteiger partial charge in [-0.2, -0.15) is 0 Å². The summed E-state index contributed by atoms with van der Waals surface area (Å²) >= 11 is 3.52.